The number of carboxylic acids is 1. The zero-order valence-electron chi connectivity index (χ0n) is 14.9. The minimum atomic E-state index is -3.66. The van der Waals surface area contributed by atoms with Gasteiger partial charge in [-0.2, -0.15) is 0 Å². The van der Waals surface area contributed by atoms with Gasteiger partial charge in [-0.15, -0.1) is 0 Å². The van der Waals surface area contributed by atoms with E-state index in [9.17, 15) is 13.2 Å². The van der Waals surface area contributed by atoms with Crippen LogP contribution in [0.5, 0.6) is 0 Å². The highest BCUT2D eigenvalue weighted by molar-refractivity contribution is 7.89. The van der Waals surface area contributed by atoms with Gasteiger partial charge in [0.05, 0.1) is 4.90 Å². The number of unbranched alkanes of at least 4 members (excludes halogenated alkanes) is 1. The zero-order valence-corrected chi connectivity index (χ0v) is 15.8. The summed E-state index contributed by atoms with van der Waals surface area (Å²) in [4.78, 5) is 11.3. The first-order chi connectivity index (χ1) is 12.9. The van der Waals surface area contributed by atoms with Crippen molar-refractivity contribution in [1.29, 1.82) is 0 Å². The topological polar surface area (TPSA) is 96.6 Å². The molecule has 7 heteroatoms. The Labute approximate surface area is 157 Å². The van der Waals surface area contributed by atoms with Crippen LogP contribution in [-0.2, 0) is 16.4 Å². The average Bonchev–Trinajstić information content (AvgIpc) is 2.99. The van der Waals surface area contributed by atoms with Crippen molar-refractivity contribution in [1.82, 2.24) is 4.72 Å². The lowest BCUT2D eigenvalue weighted by atomic mass is 10.1. The van der Waals surface area contributed by atoms with Crippen LogP contribution in [-0.4, -0.2) is 26.0 Å². The Kier molecular flexibility index (Phi) is 5.62. The Hall–Kier alpha value is -2.64. The number of aromatic carboxylic acids is 1. The van der Waals surface area contributed by atoms with Crippen molar-refractivity contribution in [2.45, 2.75) is 31.1 Å². The van der Waals surface area contributed by atoms with Gasteiger partial charge in [-0.25, -0.2) is 17.9 Å². The second kappa shape index (κ2) is 7.94. The summed E-state index contributed by atoms with van der Waals surface area (Å²) in [5, 5.41) is 9.61. The average molecular weight is 387 g/mol. The SMILES string of the molecule is Cc1c(C(=O)O)oc2ccc(S(=O)(=O)NCCCCc3ccccc3)cc12. The van der Waals surface area contributed by atoms with Gasteiger partial charge in [-0.05, 0) is 49.9 Å². The highest BCUT2D eigenvalue weighted by Crippen LogP contribution is 2.27. The third-order valence-corrected chi connectivity index (χ3v) is 5.90. The predicted molar refractivity (Wildman–Crippen MR) is 102 cm³/mol. The number of furan rings is 1. The Balaban J connectivity index is 1.64. The van der Waals surface area contributed by atoms with E-state index in [0.717, 1.165) is 19.3 Å². The van der Waals surface area contributed by atoms with Crippen molar-refractivity contribution in [2.24, 2.45) is 0 Å². The molecule has 0 unspecified atom stereocenters. The second-order valence-electron chi connectivity index (χ2n) is 6.36. The molecule has 0 bridgehead atoms. The predicted octanol–water partition coefficient (Wildman–Crippen LogP) is 3.74. The number of carbonyl (C=O) groups is 1. The number of carboxylic acid groups (broad SMARTS) is 1. The monoisotopic (exact) mass is 387 g/mol. The van der Waals surface area contributed by atoms with Gasteiger partial charge in [0.2, 0.25) is 15.8 Å². The van der Waals surface area contributed by atoms with Gasteiger partial charge in [-0.3, -0.25) is 0 Å². The van der Waals surface area contributed by atoms with Crippen LogP contribution in [0.2, 0.25) is 0 Å². The molecule has 27 heavy (non-hydrogen) atoms. The zero-order chi connectivity index (χ0) is 19.4. The van der Waals surface area contributed by atoms with Gasteiger partial charge in [-0.1, -0.05) is 30.3 Å². The number of benzene rings is 2. The standard InChI is InChI=1S/C20H21NO5S/c1-14-17-13-16(10-11-18(17)26-19(14)20(22)23)27(24,25)21-12-6-5-9-15-7-3-2-4-8-15/h2-4,7-8,10-11,13,21H,5-6,9,12H2,1H3,(H,22,23). The van der Waals surface area contributed by atoms with E-state index in [-0.39, 0.29) is 10.7 Å². The summed E-state index contributed by atoms with van der Waals surface area (Å²) in [6.45, 7) is 1.95. The molecule has 142 valence electrons. The minimum Gasteiger partial charge on any atom is -0.475 e. The molecule has 0 aliphatic heterocycles. The normalized spacial score (nSPS) is 11.7. The lowest BCUT2D eigenvalue weighted by molar-refractivity contribution is 0.0664. The van der Waals surface area contributed by atoms with E-state index in [4.69, 9.17) is 9.52 Å². The molecule has 0 atom stereocenters. The third kappa shape index (κ3) is 4.37. The molecular formula is C20H21NO5S. The van der Waals surface area contributed by atoms with Crippen LogP contribution in [0.3, 0.4) is 0 Å². The third-order valence-electron chi connectivity index (χ3n) is 4.44. The van der Waals surface area contributed by atoms with Crippen molar-refractivity contribution in [3.05, 3.63) is 65.4 Å². The van der Waals surface area contributed by atoms with Crippen molar-refractivity contribution >= 4 is 27.0 Å². The smallest absolute Gasteiger partial charge is 0.372 e. The number of fused-ring (bicyclic) bond motifs is 1. The van der Waals surface area contributed by atoms with Crippen LogP contribution in [0.1, 0.15) is 34.5 Å². The maximum Gasteiger partial charge on any atom is 0.372 e. The molecule has 0 saturated heterocycles. The van der Waals surface area contributed by atoms with Crippen LogP contribution in [0.25, 0.3) is 11.0 Å². The lowest BCUT2D eigenvalue weighted by Gasteiger charge is -2.07. The van der Waals surface area contributed by atoms with Crippen molar-refractivity contribution in [2.75, 3.05) is 6.54 Å². The minimum absolute atomic E-state index is 0.0962. The van der Waals surface area contributed by atoms with Gasteiger partial charge in [0.25, 0.3) is 0 Å². The highest BCUT2D eigenvalue weighted by atomic mass is 32.2. The number of sulfonamides is 1. The van der Waals surface area contributed by atoms with Crippen molar-refractivity contribution in [3.8, 4) is 0 Å². The van der Waals surface area contributed by atoms with E-state index < -0.39 is 16.0 Å². The van der Waals surface area contributed by atoms with Crippen LogP contribution >= 0.6 is 0 Å². The van der Waals surface area contributed by atoms with Gasteiger partial charge in [0.1, 0.15) is 5.58 Å². The molecule has 0 aliphatic carbocycles. The first kappa shape index (κ1) is 19.1. The summed E-state index contributed by atoms with van der Waals surface area (Å²) in [6, 6.07) is 14.4. The maximum absolute atomic E-state index is 12.5. The molecule has 0 fully saturated rings. The van der Waals surface area contributed by atoms with Gasteiger partial charge >= 0.3 is 5.97 Å². The fourth-order valence-electron chi connectivity index (χ4n) is 2.96. The molecule has 0 spiro atoms. The Bertz CT molecular complexity index is 1050. The summed E-state index contributed by atoms with van der Waals surface area (Å²) in [5.74, 6) is -1.35. The lowest BCUT2D eigenvalue weighted by Crippen LogP contribution is -2.24. The number of hydrogen-bond acceptors (Lipinski definition) is 4. The maximum atomic E-state index is 12.5. The van der Waals surface area contributed by atoms with Crippen LogP contribution in [0.4, 0.5) is 0 Å². The summed E-state index contributed by atoms with van der Waals surface area (Å²) in [5.41, 5.74) is 2.00. The van der Waals surface area contributed by atoms with E-state index in [2.05, 4.69) is 16.9 Å². The quantitative estimate of drug-likeness (QED) is 0.574. The van der Waals surface area contributed by atoms with Gasteiger partial charge < -0.3 is 9.52 Å². The van der Waals surface area contributed by atoms with E-state index >= 15 is 0 Å². The second-order valence-corrected chi connectivity index (χ2v) is 8.13. The van der Waals surface area contributed by atoms with E-state index in [1.807, 2.05) is 18.2 Å². The Morgan fingerprint density at radius 2 is 1.85 bits per heavy atom. The van der Waals surface area contributed by atoms with Crippen molar-refractivity contribution in [3.63, 3.8) is 0 Å². The molecule has 2 N–H and O–H groups in total. The van der Waals surface area contributed by atoms with E-state index in [0.29, 0.717) is 23.1 Å². The fourth-order valence-corrected chi connectivity index (χ4v) is 4.06. The molecule has 6 nitrogen and oxygen atoms in total. The van der Waals surface area contributed by atoms with Gasteiger partial charge in [0.15, 0.2) is 0 Å². The Morgan fingerprint density at radius 3 is 2.56 bits per heavy atom. The molecule has 3 aromatic rings. The number of rotatable bonds is 8. The largest absolute Gasteiger partial charge is 0.475 e. The number of hydrogen-bond donors (Lipinski definition) is 2. The van der Waals surface area contributed by atoms with Crippen LogP contribution in [0, 0.1) is 6.92 Å². The molecule has 0 radical (unpaired) electrons. The highest BCUT2D eigenvalue weighted by Gasteiger charge is 2.20. The van der Waals surface area contributed by atoms with E-state index in [1.165, 1.54) is 23.8 Å². The first-order valence-electron chi connectivity index (χ1n) is 8.68. The van der Waals surface area contributed by atoms with Crippen molar-refractivity contribution < 1.29 is 22.7 Å². The molecule has 1 aromatic heterocycles. The number of nitrogens with one attached hydrogen (secondary N) is 1. The number of aryl methyl sites for hydroxylation is 2. The molecular weight excluding hydrogens is 366 g/mol. The summed E-state index contributed by atoms with van der Waals surface area (Å²) in [7, 11) is -3.66. The molecule has 2 aromatic carbocycles. The van der Waals surface area contributed by atoms with Crippen LogP contribution in [0.15, 0.2) is 57.8 Å². The van der Waals surface area contributed by atoms with E-state index in [1.54, 1.807) is 6.92 Å². The molecule has 3 rings (SSSR count). The summed E-state index contributed by atoms with van der Waals surface area (Å²) >= 11 is 0. The molecule has 0 amide bonds. The fraction of sp³-hybridized carbons (Fsp3) is 0.250. The summed E-state index contributed by atoms with van der Waals surface area (Å²) in [6.07, 6.45) is 2.51. The Morgan fingerprint density at radius 1 is 1.11 bits per heavy atom. The molecule has 1 heterocycles. The first-order valence-corrected chi connectivity index (χ1v) is 10.2. The molecule has 0 saturated carbocycles. The van der Waals surface area contributed by atoms with Crippen LogP contribution < -0.4 is 4.72 Å². The molecule has 0 aliphatic rings. The van der Waals surface area contributed by atoms with Gasteiger partial charge in [0, 0.05) is 17.5 Å². The summed E-state index contributed by atoms with van der Waals surface area (Å²) < 4.78 is 32.9.